The van der Waals surface area contributed by atoms with Gasteiger partial charge >= 0.3 is 24.6 Å². The van der Waals surface area contributed by atoms with Gasteiger partial charge in [-0.15, -0.1) is 0 Å². The molecule has 0 atom stereocenters. The Labute approximate surface area is 269 Å². The number of carboxylic acid groups (broad SMARTS) is 2. The summed E-state index contributed by atoms with van der Waals surface area (Å²) in [5, 5.41) is 23.1. The zero-order valence-electron chi connectivity index (χ0n) is 27.8. The van der Waals surface area contributed by atoms with Crippen LogP contribution in [0.3, 0.4) is 0 Å². The van der Waals surface area contributed by atoms with Gasteiger partial charge in [-0.1, -0.05) is 155 Å². The second-order valence-corrected chi connectivity index (χ2v) is 10.9. The summed E-state index contributed by atoms with van der Waals surface area (Å²) in [5.41, 5.74) is 0. The third-order valence-electron chi connectivity index (χ3n) is 6.84. The first-order valence-corrected chi connectivity index (χ1v) is 17.0. The Morgan fingerprint density at radius 2 is 0.644 bits per heavy atom. The molecule has 266 valence electrons. The fourth-order valence-corrected chi connectivity index (χ4v) is 4.40. The molecule has 0 aromatic rings. The molecule has 0 unspecified atom stereocenters. The van der Waals surface area contributed by atoms with Gasteiger partial charge in [0.1, 0.15) is 0 Å². The second kappa shape index (κ2) is 37.4. The van der Waals surface area contributed by atoms with Crippen LogP contribution in [0.1, 0.15) is 168 Å². The number of hydrogen-bond donors (Lipinski definition) is 2. The van der Waals surface area contributed by atoms with Gasteiger partial charge in [0, 0.05) is 10.1 Å². The highest BCUT2D eigenvalue weighted by atomic mass is 17.7. The number of unbranched alkanes of at least 4 members (excludes halogenated alkanes) is 22. The predicted octanol–water partition coefficient (Wildman–Crippen LogP) is 10.8. The highest BCUT2D eigenvalue weighted by Gasteiger charge is 2.10. The summed E-state index contributed by atoms with van der Waals surface area (Å²) in [7, 11) is 0. The van der Waals surface area contributed by atoms with E-state index in [4.69, 9.17) is 19.7 Å². The van der Waals surface area contributed by atoms with E-state index in [2.05, 4.69) is 38.4 Å². The summed E-state index contributed by atoms with van der Waals surface area (Å²) < 4.78 is 12.8. The van der Waals surface area contributed by atoms with Crippen molar-refractivity contribution in [3.8, 4) is 0 Å². The second-order valence-electron chi connectivity index (χ2n) is 10.9. The molecule has 0 spiro atoms. The first-order valence-electron chi connectivity index (χ1n) is 17.0. The van der Waals surface area contributed by atoms with Crippen molar-refractivity contribution in [2.75, 3.05) is 13.2 Å². The van der Waals surface area contributed by atoms with Crippen molar-refractivity contribution in [2.24, 2.45) is 0 Å². The number of carbonyl (C=O) groups excluding carboxylic acids is 2. The Morgan fingerprint density at radius 1 is 0.400 bits per heavy atom. The smallest absolute Gasteiger partial charge is 0.449 e. The van der Waals surface area contributed by atoms with E-state index < -0.39 is 24.6 Å². The van der Waals surface area contributed by atoms with Gasteiger partial charge in [-0.05, 0) is 12.8 Å². The maximum Gasteiger partial charge on any atom is 0.542 e. The highest BCUT2D eigenvalue weighted by Crippen LogP contribution is 2.13. The molecule has 0 aromatic heterocycles. The molecule has 0 aromatic carbocycles. The maximum absolute atomic E-state index is 11.4. The fourth-order valence-electron chi connectivity index (χ4n) is 4.40. The third-order valence-corrected chi connectivity index (χ3v) is 6.84. The first-order chi connectivity index (χ1) is 21.8. The van der Waals surface area contributed by atoms with Crippen molar-refractivity contribution in [1.29, 1.82) is 0 Å². The van der Waals surface area contributed by atoms with Gasteiger partial charge < -0.3 is 24.4 Å². The molecule has 0 heterocycles. The summed E-state index contributed by atoms with van der Waals surface area (Å²) in [6, 6.07) is 0. The molecule has 0 bridgehead atoms. The van der Waals surface area contributed by atoms with Gasteiger partial charge in [-0.2, -0.15) is 0 Å². The molecule has 0 aliphatic rings. The molecule has 0 radical (unpaired) electrons. The monoisotopic (exact) mass is 652 g/mol. The Kier molecular flexibility index (Phi) is 36.8. The van der Waals surface area contributed by atoms with Crippen molar-refractivity contribution in [1.82, 2.24) is 0 Å². The van der Waals surface area contributed by atoms with Crippen molar-refractivity contribution < 1.29 is 63.5 Å². The number of hydrogen-bond acceptors (Lipinski definition) is 11. The average Bonchev–Trinajstić information content (AvgIpc) is 2.99. The van der Waals surface area contributed by atoms with Crippen LogP contribution in [0.15, 0.2) is 0 Å². The molecule has 13 nitrogen and oxygen atoms in total. The van der Waals surface area contributed by atoms with E-state index in [0.29, 0.717) is 0 Å². The summed E-state index contributed by atoms with van der Waals surface area (Å²) in [4.78, 5) is 49.6. The Bertz CT molecular complexity index is 632. The van der Waals surface area contributed by atoms with E-state index in [1.54, 1.807) is 0 Å². The quantitative estimate of drug-likeness (QED) is 0.0195. The van der Waals surface area contributed by atoms with Crippen molar-refractivity contribution >= 4 is 24.6 Å². The van der Waals surface area contributed by atoms with Crippen molar-refractivity contribution in [3.05, 3.63) is 0 Å². The molecule has 2 N–H and O–H groups in total. The van der Waals surface area contributed by atoms with Crippen LogP contribution in [0.25, 0.3) is 0 Å². The fraction of sp³-hybridized carbons (Fsp3) is 0.875. The van der Waals surface area contributed by atoms with Crippen LogP contribution < -0.4 is 0 Å². The van der Waals surface area contributed by atoms with Gasteiger partial charge in [0.15, 0.2) is 0 Å². The molecule has 0 aliphatic carbocycles. The lowest BCUT2D eigenvalue weighted by atomic mass is 10.1. The number of rotatable bonds is 29. The van der Waals surface area contributed by atoms with E-state index in [9.17, 15) is 19.2 Å². The Balaban J connectivity index is 0. The summed E-state index contributed by atoms with van der Waals surface area (Å²) in [6.07, 6.45) is 23.8. The van der Waals surface area contributed by atoms with Crippen LogP contribution in [-0.4, -0.2) is 48.0 Å². The summed E-state index contributed by atoms with van der Waals surface area (Å²) >= 11 is 0. The molecular formula is C32H60O13. The molecule has 0 saturated heterocycles. The lowest BCUT2D eigenvalue weighted by Gasteiger charge is -2.05. The van der Waals surface area contributed by atoms with E-state index in [1.165, 1.54) is 116 Å². The van der Waals surface area contributed by atoms with Gasteiger partial charge in [0.05, 0.1) is 13.2 Å². The topological polar surface area (TPSA) is 173 Å². The van der Waals surface area contributed by atoms with Crippen LogP contribution >= 0.6 is 0 Å². The van der Waals surface area contributed by atoms with E-state index >= 15 is 0 Å². The predicted molar refractivity (Wildman–Crippen MR) is 166 cm³/mol. The van der Waals surface area contributed by atoms with Gasteiger partial charge in [-0.25, -0.2) is 29.0 Å². The zero-order chi connectivity index (χ0) is 33.6. The summed E-state index contributed by atoms with van der Waals surface area (Å²) in [6.45, 7) is 4.96. The largest absolute Gasteiger partial charge is 0.542 e. The minimum absolute atomic E-state index is 0.238. The number of ether oxygens (including phenoxy) is 3. The third kappa shape index (κ3) is 43.4. The van der Waals surface area contributed by atoms with Crippen LogP contribution in [0, 0.1) is 0 Å². The maximum atomic E-state index is 11.4. The van der Waals surface area contributed by atoms with E-state index in [1.807, 2.05) is 0 Å². The van der Waals surface area contributed by atoms with E-state index in [0.717, 1.165) is 38.5 Å². The molecule has 13 heteroatoms. The van der Waals surface area contributed by atoms with Crippen molar-refractivity contribution in [3.63, 3.8) is 0 Å². The molecule has 0 aliphatic heterocycles. The lowest BCUT2D eigenvalue weighted by Crippen LogP contribution is -2.13. The zero-order valence-corrected chi connectivity index (χ0v) is 27.8. The average molecular weight is 653 g/mol. The van der Waals surface area contributed by atoms with Crippen molar-refractivity contribution in [2.45, 2.75) is 168 Å². The van der Waals surface area contributed by atoms with Gasteiger partial charge in [0.25, 0.3) is 0 Å². The molecular weight excluding hydrogens is 592 g/mol. The molecule has 0 fully saturated rings. The highest BCUT2D eigenvalue weighted by molar-refractivity contribution is 5.74. The molecule has 0 saturated carbocycles. The molecule has 0 rings (SSSR count). The van der Waals surface area contributed by atoms with Crippen LogP contribution in [0.5, 0.6) is 0 Å². The number of carbonyl (C=O) groups is 4. The SMILES string of the molecule is CCCCCCCCCCCCCCOC(=O)OOOOC(=O)OCCCCCCCCCCCCCC.O=C(O)OC(=O)O. The Hall–Kier alpha value is -2.80. The van der Waals surface area contributed by atoms with E-state index in [-0.39, 0.29) is 13.2 Å². The normalized spacial score (nSPS) is 10.4. The molecule has 45 heavy (non-hydrogen) atoms. The first kappa shape index (κ1) is 44.3. The minimum Gasteiger partial charge on any atom is -0.449 e. The standard InChI is InChI=1S/C30H58O8.C2H2O5/c1-3-5-7-9-11-13-15-17-19-21-23-25-27-33-29(31)35-37-38-36-30(32)34-28-26-24-22-20-18-16-14-12-10-8-6-4-2;3-1(4)7-2(5)6/h3-28H2,1-2H3;(H,3,4)(H,5,6). The summed E-state index contributed by atoms with van der Waals surface area (Å²) in [5.74, 6) is 0. The van der Waals surface area contributed by atoms with Gasteiger partial charge in [0.2, 0.25) is 0 Å². The Morgan fingerprint density at radius 3 is 0.867 bits per heavy atom. The van der Waals surface area contributed by atoms with Crippen LogP contribution in [-0.2, 0) is 34.1 Å². The minimum atomic E-state index is -1.81. The van der Waals surface area contributed by atoms with Gasteiger partial charge in [-0.3, -0.25) is 0 Å². The van der Waals surface area contributed by atoms with Crippen LogP contribution in [0.4, 0.5) is 19.2 Å². The lowest BCUT2D eigenvalue weighted by molar-refractivity contribution is -0.601. The van der Waals surface area contributed by atoms with Crippen LogP contribution in [0.2, 0.25) is 0 Å². The molecule has 0 amide bonds.